The Hall–Kier alpha value is -3.58. The molecular formula is C25H23N5OS. The molecule has 2 N–H and O–H groups in total. The van der Waals surface area contributed by atoms with Crippen molar-refractivity contribution in [3.63, 3.8) is 0 Å². The van der Waals surface area contributed by atoms with Crippen molar-refractivity contribution in [3.05, 3.63) is 102 Å². The smallest absolute Gasteiger partial charge is 0.236 e. The summed E-state index contributed by atoms with van der Waals surface area (Å²) in [4.78, 5) is 13.3. The van der Waals surface area contributed by atoms with Crippen molar-refractivity contribution in [2.75, 3.05) is 5.43 Å². The third-order valence-corrected chi connectivity index (χ3v) is 6.69. The van der Waals surface area contributed by atoms with Crippen LogP contribution in [0.25, 0.3) is 11.4 Å². The van der Waals surface area contributed by atoms with Crippen LogP contribution in [0.2, 0.25) is 0 Å². The van der Waals surface area contributed by atoms with Crippen molar-refractivity contribution >= 4 is 17.7 Å². The monoisotopic (exact) mass is 441 g/mol. The number of carbonyl (C=O) groups excluding carboxylic acids is 1. The molecule has 0 aliphatic carbocycles. The van der Waals surface area contributed by atoms with Crippen LogP contribution in [0.15, 0.2) is 90.1 Å². The number of nitrogens with one attached hydrogen (secondary N) is 2. The van der Waals surface area contributed by atoms with Gasteiger partial charge in [-0.1, -0.05) is 102 Å². The molecule has 4 aromatic rings. The first-order valence-corrected chi connectivity index (χ1v) is 11.4. The molecular weight excluding hydrogens is 418 g/mol. The van der Waals surface area contributed by atoms with Crippen molar-refractivity contribution in [3.8, 4) is 11.4 Å². The predicted octanol–water partition coefficient (Wildman–Crippen LogP) is 4.33. The Kier molecular flexibility index (Phi) is 5.64. The molecule has 0 spiro atoms. The van der Waals surface area contributed by atoms with E-state index in [0.29, 0.717) is 11.7 Å². The van der Waals surface area contributed by atoms with Gasteiger partial charge in [0.2, 0.25) is 11.1 Å². The van der Waals surface area contributed by atoms with Gasteiger partial charge in [0, 0.05) is 12.1 Å². The van der Waals surface area contributed by atoms with Gasteiger partial charge in [-0.25, -0.2) is 4.68 Å². The fraction of sp³-hybridized carbons (Fsp3) is 0.160. The summed E-state index contributed by atoms with van der Waals surface area (Å²) >= 11 is 1.44. The van der Waals surface area contributed by atoms with Crippen LogP contribution in [0, 0.1) is 6.92 Å². The Bertz CT molecular complexity index is 1210. The third-order valence-electron chi connectivity index (χ3n) is 5.47. The van der Waals surface area contributed by atoms with Gasteiger partial charge in [0.25, 0.3) is 0 Å². The molecule has 2 heterocycles. The molecule has 160 valence electrons. The first-order valence-electron chi connectivity index (χ1n) is 10.5. The summed E-state index contributed by atoms with van der Waals surface area (Å²) in [5.41, 5.74) is 7.77. The number of hydrogen-bond donors (Lipinski definition) is 2. The van der Waals surface area contributed by atoms with E-state index in [2.05, 4.69) is 52.1 Å². The molecule has 0 bridgehead atoms. The van der Waals surface area contributed by atoms with Gasteiger partial charge in [-0.15, -0.1) is 10.2 Å². The molecule has 1 aliphatic rings. The second-order valence-corrected chi connectivity index (χ2v) is 8.88. The van der Waals surface area contributed by atoms with Gasteiger partial charge < -0.3 is 10.7 Å². The van der Waals surface area contributed by atoms with E-state index < -0.39 is 0 Å². The number of hydrogen-bond acceptors (Lipinski definition) is 5. The van der Waals surface area contributed by atoms with Crippen molar-refractivity contribution in [2.24, 2.45) is 0 Å². The molecule has 2 unspecified atom stereocenters. The van der Waals surface area contributed by atoms with E-state index in [1.807, 2.05) is 65.3 Å². The largest absolute Gasteiger partial charge is 0.351 e. The first kappa shape index (κ1) is 20.3. The zero-order valence-corrected chi connectivity index (χ0v) is 18.4. The van der Waals surface area contributed by atoms with E-state index in [0.717, 1.165) is 22.5 Å². The highest BCUT2D eigenvalue weighted by Crippen LogP contribution is 2.38. The van der Waals surface area contributed by atoms with E-state index in [1.165, 1.54) is 17.3 Å². The zero-order valence-electron chi connectivity index (χ0n) is 17.6. The lowest BCUT2D eigenvalue weighted by molar-refractivity contribution is -0.121. The molecule has 3 aromatic carbocycles. The maximum atomic E-state index is 13.3. The second-order valence-electron chi connectivity index (χ2n) is 7.77. The Morgan fingerprint density at radius 2 is 1.66 bits per heavy atom. The summed E-state index contributed by atoms with van der Waals surface area (Å²) in [5.74, 6) is 0.695. The molecule has 0 saturated heterocycles. The fourth-order valence-electron chi connectivity index (χ4n) is 3.74. The molecule has 1 aromatic heterocycles. The normalized spacial score (nSPS) is 17.3. The summed E-state index contributed by atoms with van der Waals surface area (Å²) in [6, 6.07) is 27.9. The third kappa shape index (κ3) is 4.11. The summed E-state index contributed by atoms with van der Waals surface area (Å²) in [6.07, 6.45) is 0. The van der Waals surface area contributed by atoms with Crippen LogP contribution in [-0.2, 0) is 11.3 Å². The zero-order chi connectivity index (χ0) is 21.9. The lowest BCUT2D eigenvalue weighted by atomic mass is 10.0. The van der Waals surface area contributed by atoms with E-state index in [-0.39, 0.29) is 17.2 Å². The number of aryl methyl sites for hydroxylation is 1. The minimum Gasteiger partial charge on any atom is -0.351 e. The molecule has 7 heteroatoms. The van der Waals surface area contributed by atoms with Gasteiger partial charge in [-0.3, -0.25) is 4.79 Å². The van der Waals surface area contributed by atoms with Gasteiger partial charge in [0.05, 0.1) is 6.04 Å². The standard InChI is InChI=1S/C25H23N5OS/c1-17-12-14-19(15-13-17)21-22(24(31)26-16-18-8-4-2-5-9-18)32-25-28-27-23(30(25)29-21)20-10-6-3-7-11-20/h2-15,21-22,29H,16H2,1H3,(H,26,31). The quantitative estimate of drug-likeness (QED) is 0.482. The topological polar surface area (TPSA) is 71.8 Å². The summed E-state index contributed by atoms with van der Waals surface area (Å²) < 4.78 is 1.89. The lowest BCUT2D eigenvalue weighted by Crippen LogP contribution is -2.43. The van der Waals surface area contributed by atoms with Crippen LogP contribution in [0.4, 0.5) is 0 Å². The van der Waals surface area contributed by atoms with Crippen molar-refractivity contribution in [1.29, 1.82) is 0 Å². The lowest BCUT2D eigenvalue weighted by Gasteiger charge is -2.33. The Labute approximate surface area is 191 Å². The van der Waals surface area contributed by atoms with Crippen LogP contribution in [0.3, 0.4) is 0 Å². The molecule has 2 atom stereocenters. The average Bonchev–Trinajstić information content (AvgIpc) is 3.26. The number of benzene rings is 3. The number of fused-ring (bicyclic) bond motifs is 1. The Morgan fingerprint density at radius 1 is 0.969 bits per heavy atom. The maximum absolute atomic E-state index is 13.3. The van der Waals surface area contributed by atoms with Crippen LogP contribution in [0.1, 0.15) is 22.7 Å². The molecule has 1 amide bonds. The van der Waals surface area contributed by atoms with E-state index in [1.54, 1.807) is 0 Å². The van der Waals surface area contributed by atoms with Gasteiger partial charge in [-0.05, 0) is 18.1 Å². The number of aromatic nitrogens is 3. The van der Waals surface area contributed by atoms with Gasteiger partial charge in [-0.2, -0.15) is 0 Å². The highest BCUT2D eigenvalue weighted by molar-refractivity contribution is 8.00. The van der Waals surface area contributed by atoms with Crippen LogP contribution >= 0.6 is 11.8 Å². The first-order chi connectivity index (χ1) is 15.7. The number of thioether (sulfide) groups is 1. The summed E-state index contributed by atoms with van der Waals surface area (Å²) in [7, 11) is 0. The van der Waals surface area contributed by atoms with E-state index >= 15 is 0 Å². The Morgan fingerprint density at radius 3 is 2.38 bits per heavy atom. The van der Waals surface area contributed by atoms with Gasteiger partial charge >= 0.3 is 0 Å². The molecule has 0 radical (unpaired) electrons. The molecule has 6 nitrogen and oxygen atoms in total. The van der Waals surface area contributed by atoms with Crippen molar-refractivity contribution in [1.82, 2.24) is 20.2 Å². The minimum atomic E-state index is -0.387. The summed E-state index contributed by atoms with van der Waals surface area (Å²) in [6.45, 7) is 2.54. The van der Waals surface area contributed by atoms with Crippen molar-refractivity contribution in [2.45, 2.75) is 29.9 Å². The number of carbonyl (C=O) groups is 1. The summed E-state index contributed by atoms with van der Waals surface area (Å²) in [5, 5.41) is 12.1. The van der Waals surface area contributed by atoms with Gasteiger partial charge in [0.1, 0.15) is 5.25 Å². The Balaban J connectivity index is 1.46. The fourth-order valence-corrected chi connectivity index (χ4v) is 4.84. The van der Waals surface area contributed by atoms with E-state index in [4.69, 9.17) is 0 Å². The van der Waals surface area contributed by atoms with Crippen LogP contribution in [-0.4, -0.2) is 26.0 Å². The number of rotatable bonds is 5. The second kappa shape index (κ2) is 8.88. The minimum absolute atomic E-state index is 0.0348. The number of nitrogens with zero attached hydrogens (tertiary/aromatic N) is 3. The number of amides is 1. The van der Waals surface area contributed by atoms with E-state index in [9.17, 15) is 4.79 Å². The van der Waals surface area contributed by atoms with Crippen LogP contribution in [0.5, 0.6) is 0 Å². The molecule has 0 fully saturated rings. The molecule has 32 heavy (non-hydrogen) atoms. The average molecular weight is 442 g/mol. The highest BCUT2D eigenvalue weighted by atomic mass is 32.2. The molecule has 1 aliphatic heterocycles. The van der Waals surface area contributed by atoms with Crippen molar-refractivity contribution < 1.29 is 4.79 Å². The van der Waals surface area contributed by atoms with Gasteiger partial charge in [0.15, 0.2) is 5.82 Å². The SMILES string of the molecule is Cc1ccc(C2Nn3c(nnc3-c3ccccc3)SC2C(=O)NCc2ccccc2)cc1. The highest BCUT2D eigenvalue weighted by Gasteiger charge is 2.37. The molecule has 0 saturated carbocycles. The maximum Gasteiger partial charge on any atom is 0.236 e. The van der Waals surface area contributed by atoms with Crippen LogP contribution < -0.4 is 10.7 Å². The molecule has 5 rings (SSSR count). The predicted molar refractivity (Wildman–Crippen MR) is 127 cm³/mol.